The number of hydrogen-bond acceptors (Lipinski definition) is 6. The minimum absolute atomic E-state index is 0.0537. The van der Waals surface area contributed by atoms with E-state index in [1.165, 1.54) is 0 Å². The summed E-state index contributed by atoms with van der Waals surface area (Å²) >= 11 is 0. The SMILES string of the molecule is CCOc1cc2c(cc1CC(=O)NC)C(=N)N(CC(=O)c1ccc(OCC#N)c(C(C)C)c1)C2. The van der Waals surface area contributed by atoms with Crippen molar-refractivity contribution in [2.75, 3.05) is 26.8 Å². The van der Waals surface area contributed by atoms with Crippen LogP contribution in [0.2, 0.25) is 0 Å². The predicted molar refractivity (Wildman–Crippen MR) is 129 cm³/mol. The molecule has 2 aromatic carbocycles. The topological polar surface area (TPSA) is 116 Å². The summed E-state index contributed by atoms with van der Waals surface area (Å²) < 4.78 is 11.2. The molecule has 1 amide bonds. The Morgan fingerprint density at radius 3 is 2.62 bits per heavy atom. The van der Waals surface area contributed by atoms with Crippen molar-refractivity contribution in [2.24, 2.45) is 0 Å². The highest BCUT2D eigenvalue weighted by molar-refractivity contribution is 6.05. The zero-order chi connectivity index (χ0) is 24.8. The molecule has 0 unspecified atom stereocenters. The smallest absolute Gasteiger partial charge is 0.224 e. The van der Waals surface area contributed by atoms with Gasteiger partial charge in [-0.05, 0) is 54.3 Å². The molecule has 8 nitrogen and oxygen atoms in total. The van der Waals surface area contributed by atoms with Gasteiger partial charge in [0.05, 0.1) is 19.6 Å². The van der Waals surface area contributed by atoms with Crippen molar-refractivity contribution in [2.45, 2.75) is 39.7 Å². The minimum Gasteiger partial charge on any atom is -0.494 e. The van der Waals surface area contributed by atoms with Crippen LogP contribution in [0.25, 0.3) is 0 Å². The van der Waals surface area contributed by atoms with Crippen LogP contribution in [0.1, 0.15) is 59.3 Å². The fourth-order valence-corrected chi connectivity index (χ4v) is 3.98. The molecule has 2 aromatic rings. The maximum Gasteiger partial charge on any atom is 0.224 e. The number of amidine groups is 1. The van der Waals surface area contributed by atoms with E-state index in [1.807, 2.05) is 39.0 Å². The van der Waals surface area contributed by atoms with Gasteiger partial charge in [-0.3, -0.25) is 15.0 Å². The second kappa shape index (κ2) is 10.8. The second-order valence-electron chi connectivity index (χ2n) is 8.38. The molecule has 8 heteroatoms. The number of ketones is 1. The van der Waals surface area contributed by atoms with Crippen LogP contribution >= 0.6 is 0 Å². The number of amides is 1. The number of fused-ring (bicyclic) bond motifs is 1. The van der Waals surface area contributed by atoms with Crippen molar-refractivity contribution < 1.29 is 19.1 Å². The van der Waals surface area contributed by atoms with Crippen LogP contribution in [0, 0.1) is 16.7 Å². The van der Waals surface area contributed by atoms with Crippen LogP contribution in [0.15, 0.2) is 30.3 Å². The van der Waals surface area contributed by atoms with Crippen molar-refractivity contribution in [3.8, 4) is 17.6 Å². The summed E-state index contributed by atoms with van der Waals surface area (Å²) in [6.45, 7) is 6.77. The van der Waals surface area contributed by atoms with Gasteiger partial charge in [0.15, 0.2) is 12.4 Å². The Labute approximate surface area is 200 Å². The van der Waals surface area contributed by atoms with E-state index in [-0.39, 0.29) is 43.0 Å². The molecular weight excluding hydrogens is 432 g/mol. The first-order valence-corrected chi connectivity index (χ1v) is 11.3. The molecule has 0 radical (unpaired) electrons. The van der Waals surface area contributed by atoms with Gasteiger partial charge in [0, 0.05) is 30.3 Å². The number of carbonyl (C=O) groups is 2. The molecule has 0 fully saturated rings. The highest BCUT2D eigenvalue weighted by Gasteiger charge is 2.28. The molecule has 0 aliphatic carbocycles. The average Bonchev–Trinajstić information content (AvgIpc) is 3.11. The zero-order valence-corrected chi connectivity index (χ0v) is 20.0. The van der Waals surface area contributed by atoms with Gasteiger partial charge in [0.25, 0.3) is 0 Å². The number of nitrogens with zero attached hydrogens (tertiary/aromatic N) is 2. The van der Waals surface area contributed by atoms with E-state index in [4.69, 9.17) is 20.1 Å². The summed E-state index contributed by atoms with van der Waals surface area (Å²) in [5.74, 6) is 1.35. The van der Waals surface area contributed by atoms with Crippen molar-refractivity contribution in [3.05, 3.63) is 58.1 Å². The van der Waals surface area contributed by atoms with Crippen LogP contribution in [0.4, 0.5) is 0 Å². The molecule has 2 N–H and O–H groups in total. The molecule has 34 heavy (non-hydrogen) atoms. The predicted octanol–water partition coefficient (Wildman–Crippen LogP) is 3.42. The molecule has 1 heterocycles. The molecule has 0 atom stereocenters. The third-order valence-corrected chi connectivity index (χ3v) is 5.73. The van der Waals surface area contributed by atoms with E-state index < -0.39 is 0 Å². The van der Waals surface area contributed by atoms with Gasteiger partial charge in [0.2, 0.25) is 5.91 Å². The summed E-state index contributed by atoms with van der Waals surface area (Å²) in [5.41, 5.74) is 3.71. The van der Waals surface area contributed by atoms with E-state index in [9.17, 15) is 9.59 Å². The fourth-order valence-electron chi connectivity index (χ4n) is 3.98. The number of ether oxygens (including phenoxy) is 2. The third-order valence-electron chi connectivity index (χ3n) is 5.73. The van der Waals surface area contributed by atoms with Crippen LogP contribution in [-0.4, -0.2) is 49.2 Å². The highest BCUT2D eigenvalue weighted by atomic mass is 16.5. The Bertz CT molecular complexity index is 1150. The first kappa shape index (κ1) is 24.8. The number of nitriles is 1. The molecule has 3 rings (SSSR count). The molecule has 0 aromatic heterocycles. The van der Waals surface area contributed by atoms with Gasteiger partial charge in [-0.1, -0.05) is 13.8 Å². The summed E-state index contributed by atoms with van der Waals surface area (Å²) in [4.78, 5) is 26.8. The molecule has 0 bridgehead atoms. The van der Waals surface area contributed by atoms with E-state index >= 15 is 0 Å². The highest BCUT2D eigenvalue weighted by Crippen LogP contribution is 2.32. The van der Waals surface area contributed by atoms with Crippen LogP contribution in [0.3, 0.4) is 0 Å². The Kier molecular flexibility index (Phi) is 7.90. The standard InChI is InChI=1S/C26H30N4O4/c1-5-33-24-12-19-14-30(26(28)21(19)11-18(24)13-25(32)29-4)15-22(31)17-6-7-23(34-9-8-27)20(10-17)16(2)3/h6-7,10-12,16,28H,5,9,13-15H2,1-4H3,(H,29,32). The number of carbonyl (C=O) groups excluding carboxylic acids is 2. The van der Waals surface area contributed by atoms with Crippen LogP contribution in [-0.2, 0) is 17.8 Å². The molecule has 1 aliphatic heterocycles. The van der Waals surface area contributed by atoms with E-state index in [1.54, 1.807) is 30.1 Å². The largest absolute Gasteiger partial charge is 0.494 e. The second-order valence-corrected chi connectivity index (χ2v) is 8.38. The van der Waals surface area contributed by atoms with Gasteiger partial charge in [0.1, 0.15) is 23.4 Å². The molecule has 178 valence electrons. The molecule has 1 aliphatic rings. The van der Waals surface area contributed by atoms with Crippen LogP contribution < -0.4 is 14.8 Å². The maximum absolute atomic E-state index is 13.1. The van der Waals surface area contributed by atoms with E-state index in [2.05, 4.69) is 5.32 Å². The fraction of sp³-hybridized carbons (Fsp3) is 0.385. The van der Waals surface area contributed by atoms with Gasteiger partial charge < -0.3 is 19.7 Å². The lowest BCUT2D eigenvalue weighted by atomic mass is 9.98. The van der Waals surface area contributed by atoms with Crippen molar-refractivity contribution >= 4 is 17.5 Å². The van der Waals surface area contributed by atoms with Crippen molar-refractivity contribution in [1.82, 2.24) is 10.2 Å². The first-order valence-electron chi connectivity index (χ1n) is 11.3. The van der Waals surface area contributed by atoms with Gasteiger partial charge in [-0.2, -0.15) is 5.26 Å². The number of benzene rings is 2. The van der Waals surface area contributed by atoms with Gasteiger partial charge in [-0.15, -0.1) is 0 Å². The number of nitrogens with one attached hydrogen (secondary N) is 2. The molecule has 0 saturated carbocycles. The van der Waals surface area contributed by atoms with E-state index in [0.717, 1.165) is 11.1 Å². The van der Waals surface area contributed by atoms with Crippen LogP contribution in [0.5, 0.6) is 11.5 Å². The monoisotopic (exact) mass is 462 g/mol. The van der Waals surface area contributed by atoms with Gasteiger partial charge >= 0.3 is 0 Å². The van der Waals surface area contributed by atoms with Crippen molar-refractivity contribution in [3.63, 3.8) is 0 Å². The normalized spacial score (nSPS) is 12.4. The summed E-state index contributed by atoms with van der Waals surface area (Å²) in [6.07, 6.45) is 0.156. The average molecular weight is 463 g/mol. The lowest BCUT2D eigenvalue weighted by Gasteiger charge is -2.18. The summed E-state index contributed by atoms with van der Waals surface area (Å²) in [6, 6.07) is 10.9. The Morgan fingerprint density at radius 2 is 1.97 bits per heavy atom. The quantitative estimate of drug-likeness (QED) is 0.523. The number of hydrogen-bond donors (Lipinski definition) is 2. The minimum atomic E-state index is -0.138. The Hall–Kier alpha value is -3.86. The lowest BCUT2D eigenvalue weighted by molar-refractivity contribution is -0.119. The number of likely N-dealkylation sites (N-methyl/N-ethyl adjacent to an activating group) is 1. The first-order chi connectivity index (χ1) is 16.3. The van der Waals surface area contributed by atoms with Gasteiger partial charge in [-0.25, -0.2) is 0 Å². The van der Waals surface area contributed by atoms with Crippen molar-refractivity contribution in [1.29, 1.82) is 10.7 Å². The third kappa shape index (κ3) is 5.37. The lowest BCUT2D eigenvalue weighted by Crippen LogP contribution is -2.30. The number of Topliss-reactive ketones (excluding diaryl/α,β-unsaturated/α-hetero) is 1. The molecule has 0 saturated heterocycles. The summed E-state index contributed by atoms with van der Waals surface area (Å²) in [7, 11) is 1.58. The van der Waals surface area contributed by atoms with E-state index in [0.29, 0.717) is 41.3 Å². The Balaban J connectivity index is 1.81. The summed E-state index contributed by atoms with van der Waals surface area (Å²) in [5, 5.41) is 20.1. The zero-order valence-electron chi connectivity index (χ0n) is 20.0. The molecular formula is C26H30N4O4. The molecule has 0 spiro atoms. The Morgan fingerprint density at radius 1 is 1.21 bits per heavy atom. The maximum atomic E-state index is 13.1. The number of rotatable bonds is 10.